The van der Waals surface area contributed by atoms with Crippen LogP contribution in [-0.4, -0.2) is 33.0 Å². The van der Waals surface area contributed by atoms with Crippen molar-refractivity contribution in [2.24, 2.45) is 0 Å². The standard InChI is InChI=1S/C20H18ClN3O4S/c1-28-19-10-9-16(12-18(19)21)24(29(26,27)17-7-3-2-4-8-17)14-20(25)23-15-6-5-11-22-13-15/h2-13H,14H2,1H3,(H,23,25). The van der Waals surface area contributed by atoms with Gasteiger partial charge in [-0.15, -0.1) is 0 Å². The molecule has 2 aromatic carbocycles. The molecule has 0 aliphatic rings. The number of amides is 1. The van der Waals surface area contributed by atoms with Gasteiger partial charge in [-0.2, -0.15) is 0 Å². The molecule has 7 nitrogen and oxygen atoms in total. The number of hydrogen-bond acceptors (Lipinski definition) is 5. The number of nitrogens with one attached hydrogen (secondary N) is 1. The zero-order valence-electron chi connectivity index (χ0n) is 15.4. The van der Waals surface area contributed by atoms with E-state index in [1.165, 1.54) is 37.6 Å². The summed E-state index contributed by atoms with van der Waals surface area (Å²) in [5, 5.41) is 2.87. The minimum atomic E-state index is -4.02. The van der Waals surface area contributed by atoms with Gasteiger partial charge in [0.05, 0.1) is 34.6 Å². The number of carbonyl (C=O) groups is 1. The lowest BCUT2D eigenvalue weighted by Gasteiger charge is -2.24. The molecule has 0 saturated heterocycles. The van der Waals surface area contributed by atoms with Crippen LogP contribution >= 0.6 is 11.6 Å². The Balaban J connectivity index is 1.97. The van der Waals surface area contributed by atoms with Crippen LogP contribution in [0.5, 0.6) is 5.75 Å². The molecule has 0 spiro atoms. The fourth-order valence-corrected chi connectivity index (χ4v) is 4.30. The SMILES string of the molecule is COc1ccc(N(CC(=O)Nc2cccnc2)S(=O)(=O)c2ccccc2)cc1Cl. The Bertz CT molecular complexity index is 1090. The van der Waals surface area contributed by atoms with Gasteiger partial charge in [-0.1, -0.05) is 29.8 Å². The van der Waals surface area contributed by atoms with Crippen LogP contribution in [0.1, 0.15) is 0 Å². The highest BCUT2D eigenvalue weighted by molar-refractivity contribution is 7.92. The molecule has 1 amide bonds. The zero-order chi connectivity index (χ0) is 20.9. The van der Waals surface area contributed by atoms with E-state index in [-0.39, 0.29) is 15.6 Å². The van der Waals surface area contributed by atoms with Gasteiger partial charge in [-0.25, -0.2) is 8.42 Å². The lowest BCUT2D eigenvalue weighted by atomic mass is 10.3. The maximum atomic E-state index is 13.2. The molecule has 29 heavy (non-hydrogen) atoms. The van der Waals surface area contributed by atoms with E-state index < -0.39 is 22.5 Å². The van der Waals surface area contributed by atoms with Crippen molar-refractivity contribution in [3.05, 3.63) is 78.1 Å². The topological polar surface area (TPSA) is 88.6 Å². The highest BCUT2D eigenvalue weighted by Crippen LogP contribution is 2.31. The fourth-order valence-electron chi connectivity index (χ4n) is 2.61. The van der Waals surface area contributed by atoms with E-state index in [0.29, 0.717) is 11.4 Å². The van der Waals surface area contributed by atoms with Crippen molar-refractivity contribution >= 4 is 38.9 Å². The molecule has 0 saturated carbocycles. The number of pyridine rings is 1. The van der Waals surface area contributed by atoms with Crippen LogP contribution in [0.4, 0.5) is 11.4 Å². The first kappa shape index (κ1) is 20.6. The first-order valence-corrected chi connectivity index (χ1v) is 10.3. The summed E-state index contributed by atoms with van der Waals surface area (Å²) in [6.07, 6.45) is 3.04. The summed E-state index contributed by atoms with van der Waals surface area (Å²) in [7, 11) is -2.56. The number of halogens is 1. The van der Waals surface area contributed by atoms with E-state index >= 15 is 0 Å². The number of nitrogens with zero attached hydrogens (tertiary/aromatic N) is 2. The lowest BCUT2D eigenvalue weighted by molar-refractivity contribution is -0.114. The van der Waals surface area contributed by atoms with Gasteiger partial charge in [0.15, 0.2) is 0 Å². The van der Waals surface area contributed by atoms with Crippen molar-refractivity contribution in [3.8, 4) is 5.75 Å². The summed E-state index contributed by atoms with van der Waals surface area (Å²) in [5.74, 6) is -0.128. The molecule has 9 heteroatoms. The lowest BCUT2D eigenvalue weighted by Crippen LogP contribution is -2.38. The van der Waals surface area contributed by atoms with Crippen LogP contribution < -0.4 is 14.4 Å². The largest absolute Gasteiger partial charge is 0.495 e. The predicted molar refractivity (Wildman–Crippen MR) is 112 cm³/mol. The molecule has 0 atom stereocenters. The first-order valence-electron chi connectivity index (χ1n) is 8.53. The minimum Gasteiger partial charge on any atom is -0.495 e. The van der Waals surface area contributed by atoms with Gasteiger partial charge in [0.2, 0.25) is 5.91 Å². The number of ether oxygens (including phenoxy) is 1. The van der Waals surface area contributed by atoms with Crippen molar-refractivity contribution in [2.75, 3.05) is 23.3 Å². The molecule has 0 radical (unpaired) electrons. The van der Waals surface area contributed by atoms with Gasteiger partial charge in [-0.05, 0) is 42.5 Å². The van der Waals surface area contributed by atoms with Crippen LogP contribution in [0.15, 0.2) is 78.0 Å². The molecule has 0 aliphatic carbocycles. The van der Waals surface area contributed by atoms with Gasteiger partial charge in [-0.3, -0.25) is 14.1 Å². The Labute approximate surface area is 174 Å². The molecule has 0 bridgehead atoms. The molecule has 1 N–H and O–H groups in total. The third-order valence-corrected chi connectivity index (χ3v) is 6.07. The molecule has 0 fully saturated rings. The van der Waals surface area contributed by atoms with Gasteiger partial charge in [0, 0.05) is 6.20 Å². The Morgan fingerprint density at radius 1 is 1.14 bits per heavy atom. The maximum absolute atomic E-state index is 13.2. The Morgan fingerprint density at radius 2 is 1.90 bits per heavy atom. The van der Waals surface area contributed by atoms with Crippen LogP contribution in [0.25, 0.3) is 0 Å². The molecule has 150 valence electrons. The van der Waals surface area contributed by atoms with E-state index in [1.807, 2.05) is 0 Å². The third kappa shape index (κ3) is 4.85. The summed E-state index contributed by atoms with van der Waals surface area (Å²) in [6.45, 7) is -0.450. The average molecular weight is 432 g/mol. The maximum Gasteiger partial charge on any atom is 0.264 e. The van der Waals surface area contributed by atoms with E-state index in [0.717, 1.165) is 4.31 Å². The number of aromatic nitrogens is 1. The van der Waals surface area contributed by atoms with Crippen molar-refractivity contribution in [1.82, 2.24) is 4.98 Å². The summed E-state index contributed by atoms with van der Waals surface area (Å²) >= 11 is 6.18. The van der Waals surface area contributed by atoms with Crippen molar-refractivity contribution in [2.45, 2.75) is 4.90 Å². The van der Waals surface area contributed by atoms with Crippen molar-refractivity contribution in [1.29, 1.82) is 0 Å². The smallest absolute Gasteiger partial charge is 0.264 e. The second-order valence-corrected chi connectivity index (χ2v) is 8.20. The Hall–Kier alpha value is -3.10. The molecule has 3 aromatic rings. The predicted octanol–water partition coefficient (Wildman–Crippen LogP) is 3.58. The second-order valence-electron chi connectivity index (χ2n) is 5.93. The van der Waals surface area contributed by atoms with Crippen molar-refractivity contribution < 1.29 is 17.9 Å². The minimum absolute atomic E-state index is 0.0566. The Morgan fingerprint density at radius 3 is 2.52 bits per heavy atom. The first-order chi connectivity index (χ1) is 13.9. The highest BCUT2D eigenvalue weighted by Gasteiger charge is 2.27. The van der Waals surface area contributed by atoms with Crippen LogP contribution in [-0.2, 0) is 14.8 Å². The van der Waals surface area contributed by atoms with Crippen LogP contribution in [0.2, 0.25) is 5.02 Å². The molecule has 1 aromatic heterocycles. The number of hydrogen-bond donors (Lipinski definition) is 1. The number of sulfonamides is 1. The van der Waals surface area contributed by atoms with E-state index in [1.54, 1.807) is 42.6 Å². The third-order valence-electron chi connectivity index (χ3n) is 3.99. The monoisotopic (exact) mass is 431 g/mol. The fraction of sp³-hybridized carbons (Fsp3) is 0.100. The molecule has 0 unspecified atom stereocenters. The number of carbonyl (C=O) groups excluding carboxylic acids is 1. The average Bonchev–Trinajstić information content (AvgIpc) is 2.73. The van der Waals surface area contributed by atoms with Gasteiger partial charge >= 0.3 is 0 Å². The second kappa shape index (κ2) is 8.93. The molecule has 0 aliphatic heterocycles. The van der Waals surface area contributed by atoms with Gasteiger partial charge < -0.3 is 10.1 Å². The van der Waals surface area contributed by atoms with E-state index in [2.05, 4.69) is 10.3 Å². The number of anilines is 2. The molecule has 1 heterocycles. The summed E-state index contributed by atoms with van der Waals surface area (Å²) < 4.78 is 32.6. The van der Waals surface area contributed by atoms with E-state index in [4.69, 9.17) is 16.3 Å². The van der Waals surface area contributed by atoms with Crippen LogP contribution in [0, 0.1) is 0 Å². The summed E-state index contributed by atoms with van der Waals surface area (Å²) in [4.78, 5) is 16.6. The summed E-state index contributed by atoms with van der Waals surface area (Å²) in [5.41, 5.74) is 0.698. The molecule has 3 rings (SSSR count). The number of rotatable bonds is 7. The van der Waals surface area contributed by atoms with Crippen LogP contribution in [0.3, 0.4) is 0 Å². The normalized spacial score (nSPS) is 11.0. The molecular weight excluding hydrogens is 414 g/mol. The van der Waals surface area contributed by atoms with Gasteiger partial charge in [0.25, 0.3) is 10.0 Å². The number of methoxy groups -OCH3 is 1. The molecular formula is C20H18ClN3O4S. The van der Waals surface area contributed by atoms with Crippen molar-refractivity contribution in [3.63, 3.8) is 0 Å². The zero-order valence-corrected chi connectivity index (χ0v) is 17.0. The number of benzene rings is 2. The van der Waals surface area contributed by atoms with Gasteiger partial charge in [0.1, 0.15) is 12.3 Å². The highest BCUT2D eigenvalue weighted by atomic mass is 35.5. The Kier molecular flexibility index (Phi) is 6.36. The van der Waals surface area contributed by atoms with E-state index in [9.17, 15) is 13.2 Å². The quantitative estimate of drug-likeness (QED) is 0.617. The summed E-state index contributed by atoms with van der Waals surface area (Å²) in [6, 6.07) is 15.7.